The fraction of sp³-hybridized carbons (Fsp3) is 0.235. The lowest BCUT2D eigenvalue weighted by molar-refractivity contribution is -0.140. The van der Waals surface area contributed by atoms with Crippen molar-refractivity contribution in [1.82, 2.24) is 10.2 Å². The summed E-state index contributed by atoms with van der Waals surface area (Å²) >= 11 is 25.1. The third-order valence-electron chi connectivity index (χ3n) is 7.06. The highest BCUT2D eigenvalue weighted by Gasteiger charge is 2.35. The Hall–Kier alpha value is -3.27. The van der Waals surface area contributed by atoms with E-state index in [0.29, 0.717) is 10.6 Å². The highest BCUT2D eigenvalue weighted by Crippen LogP contribution is 2.31. The molecule has 4 rings (SSSR count). The lowest BCUT2D eigenvalue weighted by Crippen LogP contribution is -2.54. The SMILES string of the molecule is Cc1ccc(S(=O)(=O)N(CC(=O)N(Cc2ccc(Cl)c(Cl)c2)C(Cc2ccccc2)C(=O)NC(C)C)c2cc(Cl)cc(Cl)c2)cc1. The Morgan fingerprint density at radius 2 is 1.41 bits per heavy atom. The van der Waals surface area contributed by atoms with E-state index in [1.807, 2.05) is 51.1 Å². The van der Waals surface area contributed by atoms with Gasteiger partial charge in [-0.15, -0.1) is 0 Å². The van der Waals surface area contributed by atoms with Gasteiger partial charge >= 0.3 is 0 Å². The molecule has 0 saturated carbocycles. The first kappa shape index (κ1) is 35.6. The Morgan fingerprint density at radius 1 is 0.783 bits per heavy atom. The predicted octanol–water partition coefficient (Wildman–Crippen LogP) is 7.97. The molecule has 0 bridgehead atoms. The molecule has 46 heavy (non-hydrogen) atoms. The van der Waals surface area contributed by atoms with Crippen LogP contribution < -0.4 is 9.62 Å². The van der Waals surface area contributed by atoms with Crippen LogP contribution in [-0.2, 0) is 32.6 Å². The van der Waals surface area contributed by atoms with E-state index in [4.69, 9.17) is 46.4 Å². The maximum absolute atomic E-state index is 14.5. The van der Waals surface area contributed by atoms with Crippen molar-refractivity contribution in [2.24, 2.45) is 0 Å². The fourth-order valence-corrected chi connectivity index (χ4v) is 7.05. The third-order valence-corrected chi connectivity index (χ3v) is 10.0. The van der Waals surface area contributed by atoms with Gasteiger partial charge in [-0.1, -0.05) is 100 Å². The van der Waals surface area contributed by atoms with Gasteiger partial charge in [0.15, 0.2) is 0 Å². The molecule has 0 saturated heterocycles. The average Bonchev–Trinajstić information content (AvgIpc) is 2.99. The topological polar surface area (TPSA) is 86.8 Å². The number of amides is 2. The van der Waals surface area contributed by atoms with Crippen molar-refractivity contribution < 1.29 is 18.0 Å². The molecule has 7 nitrogen and oxygen atoms in total. The van der Waals surface area contributed by atoms with Crippen LogP contribution in [0.5, 0.6) is 0 Å². The molecule has 0 aromatic heterocycles. The maximum atomic E-state index is 14.5. The van der Waals surface area contributed by atoms with Gasteiger partial charge in [-0.3, -0.25) is 13.9 Å². The number of sulfonamides is 1. The highest BCUT2D eigenvalue weighted by atomic mass is 35.5. The summed E-state index contributed by atoms with van der Waals surface area (Å²) in [5.41, 5.74) is 2.35. The zero-order chi connectivity index (χ0) is 33.6. The summed E-state index contributed by atoms with van der Waals surface area (Å²) in [6.07, 6.45) is 0.167. The Balaban J connectivity index is 1.84. The van der Waals surface area contributed by atoms with Crippen molar-refractivity contribution in [2.45, 2.75) is 50.7 Å². The molecular weight excluding hydrogens is 688 g/mol. The maximum Gasteiger partial charge on any atom is 0.264 e. The molecule has 4 aromatic rings. The lowest BCUT2D eigenvalue weighted by atomic mass is 10.0. The van der Waals surface area contributed by atoms with E-state index >= 15 is 0 Å². The third kappa shape index (κ3) is 9.17. The summed E-state index contributed by atoms with van der Waals surface area (Å²) in [7, 11) is -4.31. The summed E-state index contributed by atoms with van der Waals surface area (Å²) in [5, 5.41) is 3.89. The molecule has 4 aromatic carbocycles. The number of carbonyl (C=O) groups is 2. The Labute approximate surface area is 290 Å². The standard InChI is InChI=1S/C34H33Cl4N3O4S/c1-22(2)39-34(43)32(16-24-7-5-4-6-8-24)40(20-25-11-14-30(37)31(38)15-25)33(42)21-41(28-18-26(35)17-27(36)19-28)46(44,45)29-12-9-23(3)10-13-29/h4-15,17-19,22,32H,16,20-21H2,1-3H3,(H,39,43). The van der Waals surface area contributed by atoms with Crippen LogP contribution in [0.4, 0.5) is 5.69 Å². The largest absolute Gasteiger partial charge is 0.352 e. The smallest absolute Gasteiger partial charge is 0.264 e. The van der Waals surface area contributed by atoms with Crippen LogP contribution in [0.1, 0.15) is 30.5 Å². The minimum atomic E-state index is -4.31. The molecule has 0 aliphatic carbocycles. The summed E-state index contributed by atoms with van der Waals surface area (Å²) in [6.45, 7) is 4.76. The van der Waals surface area contributed by atoms with Crippen molar-refractivity contribution in [3.8, 4) is 0 Å². The van der Waals surface area contributed by atoms with Gasteiger partial charge in [-0.2, -0.15) is 0 Å². The molecule has 2 amide bonds. The molecule has 12 heteroatoms. The number of halogens is 4. The van der Waals surface area contributed by atoms with Crippen molar-refractivity contribution in [3.63, 3.8) is 0 Å². The van der Waals surface area contributed by atoms with Crippen LogP contribution in [0.25, 0.3) is 0 Å². The molecule has 242 valence electrons. The average molecular weight is 722 g/mol. The van der Waals surface area contributed by atoms with Gasteiger partial charge < -0.3 is 10.2 Å². The number of aryl methyl sites for hydroxylation is 1. The molecule has 1 N–H and O–H groups in total. The molecule has 0 fully saturated rings. The molecule has 0 heterocycles. The molecule has 0 aliphatic heterocycles. The van der Waals surface area contributed by atoms with Crippen LogP contribution in [0, 0.1) is 6.92 Å². The van der Waals surface area contributed by atoms with Crippen LogP contribution in [0.15, 0.2) is 95.9 Å². The molecule has 0 radical (unpaired) electrons. The second kappa shape index (κ2) is 15.5. The van der Waals surface area contributed by atoms with E-state index in [9.17, 15) is 18.0 Å². The van der Waals surface area contributed by atoms with Crippen molar-refractivity contribution >= 4 is 73.9 Å². The zero-order valence-corrected chi connectivity index (χ0v) is 29.2. The molecule has 0 spiro atoms. The van der Waals surface area contributed by atoms with Crippen LogP contribution in [0.3, 0.4) is 0 Å². The normalized spacial score (nSPS) is 12.1. The van der Waals surface area contributed by atoms with Gasteiger partial charge in [0.25, 0.3) is 10.0 Å². The highest BCUT2D eigenvalue weighted by molar-refractivity contribution is 7.92. The van der Waals surface area contributed by atoms with Gasteiger partial charge in [-0.25, -0.2) is 8.42 Å². The van der Waals surface area contributed by atoms with E-state index in [1.165, 1.54) is 35.2 Å². The first-order chi connectivity index (χ1) is 21.7. The van der Waals surface area contributed by atoms with E-state index in [0.717, 1.165) is 15.4 Å². The predicted molar refractivity (Wildman–Crippen MR) is 186 cm³/mol. The number of carbonyl (C=O) groups excluding carboxylic acids is 2. The summed E-state index contributed by atoms with van der Waals surface area (Å²) in [4.78, 5) is 29.7. The summed E-state index contributed by atoms with van der Waals surface area (Å²) < 4.78 is 29.3. The number of hydrogen-bond acceptors (Lipinski definition) is 4. The van der Waals surface area contributed by atoms with Crippen LogP contribution in [0.2, 0.25) is 20.1 Å². The lowest BCUT2D eigenvalue weighted by Gasteiger charge is -2.34. The van der Waals surface area contributed by atoms with Gasteiger partial charge in [0, 0.05) is 29.1 Å². The number of benzene rings is 4. The van der Waals surface area contributed by atoms with Crippen molar-refractivity contribution in [1.29, 1.82) is 0 Å². The fourth-order valence-electron chi connectivity index (χ4n) is 4.82. The number of rotatable bonds is 12. The molecule has 0 aliphatic rings. The van der Waals surface area contributed by atoms with E-state index in [2.05, 4.69) is 5.32 Å². The van der Waals surface area contributed by atoms with Crippen LogP contribution in [-0.4, -0.2) is 43.8 Å². The number of nitrogens with one attached hydrogen (secondary N) is 1. The van der Waals surface area contributed by atoms with E-state index in [1.54, 1.807) is 30.3 Å². The molecule has 1 atom stereocenters. The number of nitrogens with zero attached hydrogens (tertiary/aromatic N) is 2. The quantitative estimate of drug-likeness (QED) is 0.161. The number of hydrogen-bond donors (Lipinski definition) is 1. The van der Waals surface area contributed by atoms with E-state index in [-0.39, 0.29) is 44.7 Å². The first-order valence-electron chi connectivity index (χ1n) is 14.4. The van der Waals surface area contributed by atoms with Crippen LogP contribution >= 0.6 is 46.4 Å². The monoisotopic (exact) mass is 719 g/mol. The molecular formula is C34H33Cl4N3O4S. The Bertz CT molecular complexity index is 1780. The summed E-state index contributed by atoms with van der Waals surface area (Å²) in [6, 6.07) is 23.5. The Morgan fingerprint density at radius 3 is 2.00 bits per heavy atom. The van der Waals surface area contributed by atoms with Crippen molar-refractivity contribution in [2.75, 3.05) is 10.8 Å². The zero-order valence-electron chi connectivity index (χ0n) is 25.4. The number of anilines is 1. The Kier molecular flexibility index (Phi) is 12.0. The summed E-state index contributed by atoms with van der Waals surface area (Å²) in [5.74, 6) is -1.04. The second-order valence-corrected chi connectivity index (χ2v) is 14.6. The minimum absolute atomic E-state index is 0.0311. The minimum Gasteiger partial charge on any atom is -0.352 e. The van der Waals surface area contributed by atoms with Gasteiger partial charge in [0.2, 0.25) is 11.8 Å². The van der Waals surface area contributed by atoms with E-state index < -0.39 is 34.4 Å². The van der Waals surface area contributed by atoms with Crippen molar-refractivity contribution in [3.05, 3.63) is 128 Å². The van der Waals surface area contributed by atoms with Gasteiger partial charge in [-0.05, 0) is 74.4 Å². The first-order valence-corrected chi connectivity index (χ1v) is 17.3. The van der Waals surface area contributed by atoms with Gasteiger partial charge in [0.1, 0.15) is 12.6 Å². The van der Waals surface area contributed by atoms with Gasteiger partial charge in [0.05, 0.1) is 20.6 Å². The molecule has 1 unspecified atom stereocenters. The second-order valence-electron chi connectivity index (χ2n) is 11.1.